The van der Waals surface area contributed by atoms with Crippen molar-refractivity contribution in [3.63, 3.8) is 0 Å². The van der Waals surface area contributed by atoms with Crippen molar-refractivity contribution in [2.45, 2.75) is 24.0 Å². The fourth-order valence-electron chi connectivity index (χ4n) is 1.09. The van der Waals surface area contributed by atoms with E-state index in [0.717, 1.165) is 12.8 Å². The van der Waals surface area contributed by atoms with E-state index in [9.17, 15) is 8.42 Å². The zero-order valence-electron chi connectivity index (χ0n) is 6.51. The smallest absolute Gasteiger partial charge is 0.273 e. The second-order valence-corrected chi connectivity index (χ2v) is 5.06. The van der Waals surface area contributed by atoms with Crippen LogP contribution in [0.4, 0.5) is 0 Å². The highest BCUT2D eigenvalue weighted by Gasteiger charge is 2.32. The quantitative estimate of drug-likeness (QED) is 0.817. The van der Waals surface area contributed by atoms with Gasteiger partial charge in [0, 0.05) is 6.04 Å². The van der Waals surface area contributed by atoms with Crippen LogP contribution < -0.4 is 5.14 Å². The number of nitrogens with zero attached hydrogens (tertiary/aromatic N) is 3. The maximum absolute atomic E-state index is 11.0. The second kappa shape index (κ2) is 2.76. The lowest BCUT2D eigenvalue weighted by atomic mass is 10.7. The van der Waals surface area contributed by atoms with Gasteiger partial charge in [0.2, 0.25) is 4.73 Å². The minimum atomic E-state index is -3.76. The number of nitrogens with two attached hydrogens (primary N) is 1. The van der Waals surface area contributed by atoms with E-state index in [2.05, 4.69) is 26.1 Å². The van der Waals surface area contributed by atoms with Gasteiger partial charge in [0.1, 0.15) is 0 Å². The summed E-state index contributed by atoms with van der Waals surface area (Å²) in [5.74, 6) is 0. The van der Waals surface area contributed by atoms with Crippen LogP contribution in [-0.2, 0) is 10.0 Å². The van der Waals surface area contributed by atoms with Crippen LogP contribution in [0, 0.1) is 0 Å². The molecule has 8 heteroatoms. The topological polar surface area (TPSA) is 90.9 Å². The van der Waals surface area contributed by atoms with Crippen molar-refractivity contribution in [1.82, 2.24) is 14.8 Å². The Labute approximate surface area is 83.3 Å². The Balaban J connectivity index is 2.58. The summed E-state index contributed by atoms with van der Waals surface area (Å²) in [6, 6.07) is 0.178. The normalized spacial score (nSPS) is 17.7. The molecule has 1 heterocycles. The van der Waals surface area contributed by atoms with Crippen LogP contribution in [0.5, 0.6) is 0 Å². The molecule has 0 bridgehead atoms. The van der Waals surface area contributed by atoms with Crippen LogP contribution in [0.15, 0.2) is 9.89 Å². The summed E-state index contributed by atoms with van der Waals surface area (Å²) in [5, 5.41) is 11.9. The van der Waals surface area contributed by atoms with Crippen molar-refractivity contribution < 1.29 is 8.42 Å². The average Bonchev–Trinajstić information content (AvgIpc) is 2.73. The SMILES string of the molecule is NS(=O)(=O)c1nnc(Br)n1C1CC1. The number of halogens is 1. The molecule has 2 N–H and O–H groups in total. The maximum Gasteiger partial charge on any atom is 0.273 e. The predicted molar refractivity (Wildman–Crippen MR) is 47.4 cm³/mol. The molecule has 0 unspecified atom stereocenters. The molecule has 0 spiro atoms. The molecule has 0 aliphatic heterocycles. The van der Waals surface area contributed by atoms with Gasteiger partial charge in [-0.25, -0.2) is 13.6 Å². The molecular formula is C5H7BrN4O2S. The molecule has 0 saturated heterocycles. The molecule has 6 nitrogen and oxygen atoms in total. The van der Waals surface area contributed by atoms with E-state index in [-0.39, 0.29) is 11.2 Å². The Morgan fingerprint density at radius 1 is 1.46 bits per heavy atom. The summed E-state index contributed by atoms with van der Waals surface area (Å²) in [7, 11) is -3.76. The first kappa shape index (κ1) is 9.10. The molecule has 0 amide bonds. The lowest BCUT2D eigenvalue weighted by molar-refractivity contribution is 0.563. The lowest BCUT2D eigenvalue weighted by Crippen LogP contribution is -2.18. The highest BCUT2D eigenvalue weighted by Crippen LogP contribution is 2.38. The van der Waals surface area contributed by atoms with Crippen molar-refractivity contribution in [2.75, 3.05) is 0 Å². The molecule has 2 rings (SSSR count). The van der Waals surface area contributed by atoms with E-state index in [1.165, 1.54) is 4.57 Å². The first-order valence-corrected chi connectivity index (χ1v) is 5.97. The van der Waals surface area contributed by atoms with Crippen molar-refractivity contribution in [1.29, 1.82) is 0 Å². The molecule has 0 aromatic carbocycles. The van der Waals surface area contributed by atoms with Gasteiger partial charge in [0.05, 0.1) is 0 Å². The van der Waals surface area contributed by atoms with Crippen molar-refractivity contribution in [2.24, 2.45) is 5.14 Å². The summed E-state index contributed by atoms with van der Waals surface area (Å²) in [6.45, 7) is 0. The third-order valence-electron chi connectivity index (χ3n) is 1.79. The van der Waals surface area contributed by atoms with Crippen LogP contribution in [0.3, 0.4) is 0 Å². The van der Waals surface area contributed by atoms with E-state index < -0.39 is 10.0 Å². The molecule has 1 aliphatic carbocycles. The average molecular weight is 267 g/mol. The van der Waals surface area contributed by atoms with Gasteiger partial charge < -0.3 is 0 Å². The Hall–Kier alpha value is -0.470. The first-order valence-electron chi connectivity index (χ1n) is 3.63. The summed E-state index contributed by atoms with van der Waals surface area (Å²) >= 11 is 3.12. The standard InChI is InChI=1S/C5H7BrN4O2S/c6-4-8-9-5(13(7,11)12)10(4)3-1-2-3/h3H,1-2H2,(H2,7,11,12). The van der Waals surface area contributed by atoms with Crippen LogP contribution >= 0.6 is 15.9 Å². The Kier molecular flexibility index (Phi) is 1.93. The van der Waals surface area contributed by atoms with Crippen molar-refractivity contribution >= 4 is 26.0 Å². The van der Waals surface area contributed by atoms with Crippen LogP contribution in [-0.4, -0.2) is 23.2 Å². The van der Waals surface area contributed by atoms with E-state index >= 15 is 0 Å². The number of hydrogen-bond acceptors (Lipinski definition) is 4. The molecule has 1 aliphatic rings. The predicted octanol–water partition coefficient (Wildman–Crippen LogP) is 0.0229. The number of sulfonamides is 1. The molecule has 1 aromatic heterocycles. The highest BCUT2D eigenvalue weighted by molar-refractivity contribution is 9.10. The van der Waals surface area contributed by atoms with Crippen molar-refractivity contribution in [3.8, 4) is 0 Å². The number of aromatic nitrogens is 3. The Bertz CT molecular complexity index is 435. The van der Waals surface area contributed by atoms with Crippen LogP contribution in [0.2, 0.25) is 0 Å². The molecule has 72 valence electrons. The van der Waals surface area contributed by atoms with Gasteiger partial charge >= 0.3 is 0 Å². The van der Waals surface area contributed by atoms with Crippen LogP contribution in [0.25, 0.3) is 0 Å². The summed E-state index contributed by atoms with van der Waals surface area (Å²) < 4.78 is 24.0. The first-order chi connectivity index (χ1) is 6.00. The van der Waals surface area contributed by atoms with Gasteiger partial charge in [0.25, 0.3) is 15.2 Å². The summed E-state index contributed by atoms with van der Waals surface area (Å²) in [6.07, 6.45) is 1.89. The summed E-state index contributed by atoms with van der Waals surface area (Å²) in [4.78, 5) is 0. The molecule has 0 atom stereocenters. The largest absolute Gasteiger partial charge is 0.288 e. The lowest BCUT2D eigenvalue weighted by Gasteiger charge is -2.02. The molecule has 1 saturated carbocycles. The minimum absolute atomic E-state index is 0.165. The third-order valence-corrected chi connectivity index (χ3v) is 3.12. The Morgan fingerprint density at radius 2 is 2.08 bits per heavy atom. The highest BCUT2D eigenvalue weighted by atomic mass is 79.9. The molecule has 0 radical (unpaired) electrons. The second-order valence-electron chi connectivity index (χ2n) is 2.90. The summed E-state index contributed by atoms with van der Waals surface area (Å²) in [5.41, 5.74) is 0. The van der Waals surface area contributed by atoms with Gasteiger partial charge in [-0.15, -0.1) is 10.2 Å². The monoisotopic (exact) mass is 266 g/mol. The van der Waals surface area contributed by atoms with Gasteiger partial charge in [-0.1, -0.05) is 0 Å². The molecular weight excluding hydrogens is 260 g/mol. The zero-order valence-corrected chi connectivity index (χ0v) is 8.92. The van der Waals surface area contributed by atoms with Gasteiger partial charge in [-0.05, 0) is 28.8 Å². The van der Waals surface area contributed by atoms with Gasteiger partial charge in [-0.3, -0.25) is 4.57 Å². The van der Waals surface area contributed by atoms with Gasteiger partial charge in [-0.2, -0.15) is 0 Å². The van der Waals surface area contributed by atoms with Crippen LogP contribution in [0.1, 0.15) is 18.9 Å². The fourth-order valence-corrected chi connectivity index (χ4v) is 2.41. The van der Waals surface area contributed by atoms with Crippen molar-refractivity contribution in [3.05, 3.63) is 4.73 Å². The van der Waals surface area contributed by atoms with E-state index in [1.54, 1.807) is 0 Å². The minimum Gasteiger partial charge on any atom is -0.288 e. The third kappa shape index (κ3) is 1.61. The van der Waals surface area contributed by atoms with Gasteiger partial charge in [0.15, 0.2) is 0 Å². The number of rotatable bonds is 2. The molecule has 1 aromatic rings. The number of hydrogen-bond donors (Lipinski definition) is 1. The molecule has 13 heavy (non-hydrogen) atoms. The maximum atomic E-state index is 11.0. The Morgan fingerprint density at radius 3 is 2.54 bits per heavy atom. The van der Waals surface area contributed by atoms with E-state index in [0.29, 0.717) is 4.73 Å². The van der Waals surface area contributed by atoms with E-state index in [1.807, 2.05) is 0 Å². The van der Waals surface area contributed by atoms with E-state index in [4.69, 9.17) is 5.14 Å². The fraction of sp³-hybridized carbons (Fsp3) is 0.600. The number of primary sulfonamides is 1. The molecule has 1 fully saturated rings. The zero-order chi connectivity index (χ0) is 9.64.